The summed E-state index contributed by atoms with van der Waals surface area (Å²) >= 11 is 0. The molecule has 0 aliphatic heterocycles. The lowest BCUT2D eigenvalue weighted by Crippen LogP contribution is -2.43. The van der Waals surface area contributed by atoms with Gasteiger partial charge < -0.3 is 0 Å². The van der Waals surface area contributed by atoms with Crippen LogP contribution in [0.3, 0.4) is 0 Å². The molecule has 7 heteroatoms. The SMILES string of the molecule is CCCCN(C(C)[N+](=O)[O-])[N+](=O)[O-]. The zero-order chi connectivity index (χ0) is 10.4. The van der Waals surface area contributed by atoms with Crippen molar-refractivity contribution in [2.24, 2.45) is 0 Å². The molecule has 0 aliphatic rings. The largest absolute Gasteiger partial charge is 0.333 e. The molecule has 1 atom stereocenters. The lowest BCUT2D eigenvalue weighted by Gasteiger charge is -2.14. The fourth-order valence-corrected chi connectivity index (χ4v) is 0.834. The Morgan fingerprint density at radius 2 is 1.92 bits per heavy atom. The Labute approximate surface area is 75.6 Å². The van der Waals surface area contributed by atoms with Gasteiger partial charge in [0.25, 0.3) is 0 Å². The second kappa shape index (κ2) is 5.28. The first-order valence-corrected chi connectivity index (χ1v) is 4.05. The van der Waals surface area contributed by atoms with Crippen molar-refractivity contribution in [3.05, 3.63) is 20.2 Å². The van der Waals surface area contributed by atoms with Gasteiger partial charge in [-0.3, -0.25) is 10.1 Å². The number of hydrazine groups is 1. The lowest BCUT2D eigenvalue weighted by molar-refractivity contribution is -0.729. The standard InChI is InChI=1S/C6H13N3O4/c1-3-4-5-7(9(12)13)6(2)8(10)11/h6H,3-5H2,1-2H3. The van der Waals surface area contributed by atoms with Crippen molar-refractivity contribution in [3.8, 4) is 0 Å². The molecule has 0 fully saturated rings. The minimum Gasteiger partial charge on any atom is -0.262 e. The van der Waals surface area contributed by atoms with E-state index in [9.17, 15) is 20.2 Å². The molecule has 0 amide bonds. The summed E-state index contributed by atoms with van der Waals surface area (Å²) in [4.78, 5) is 20.0. The Morgan fingerprint density at radius 3 is 2.23 bits per heavy atom. The molecule has 76 valence electrons. The number of rotatable bonds is 6. The summed E-state index contributed by atoms with van der Waals surface area (Å²) in [5.74, 6) is 0. The molecule has 0 spiro atoms. The molecule has 7 nitrogen and oxygen atoms in total. The molecular weight excluding hydrogens is 178 g/mol. The number of nitro groups is 2. The quantitative estimate of drug-likeness (QED) is 0.353. The van der Waals surface area contributed by atoms with Gasteiger partial charge in [0.2, 0.25) is 0 Å². The van der Waals surface area contributed by atoms with E-state index in [1.807, 2.05) is 6.92 Å². The predicted octanol–water partition coefficient (Wildman–Crippen LogP) is 0.903. The van der Waals surface area contributed by atoms with Crippen LogP contribution in [0.2, 0.25) is 0 Å². The predicted molar refractivity (Wildman–Crippen MR) is 45.1 cm³/mol. The van der Waals surface area contributed by atoms with Crippen LogP contribution in [0.25, 0.3) is 0 Å². The van der Waals surface area contributed by atoms with E-state index in [1.54, 1.807) is 0 Å². The molecule has 0 radical (unpaired) electrons. The maximum Gasteiger partial charge on any atom is 0.333 e. The van der Waals surface area contributed by atoms with E-state index in [-0.39, 0.29) is 6.54 Å². The highest BCUT2D eigenvalue weighted by Crippen LogP contribution is 2.02. The van der Waals surface area contributed by atoms with Gasteiger partial charge in [0.05, 0.1) is 11.5 Å². The molecule has 0 aromatic rings. The van der Waals surface area contributed by atoms with Crippen molar-refractivity contribution >= 4 is 0 Å². The lowest BCUT2D eigenvalue weighted by atomic mass is 10.3. The van der Waals surface area contributed by atoms with Crippen LogP contribution in [0.4, 0.5) is 0 Å². The number of hydrogen-bond donors (Lipinski definition) is 0. The summed E-state index contributed by atoms with van der Waals surface area (Å²) in [6.45, 7) is 3.19. The highest BCUT2D eigenvalue weighted by molar-refractivity contribution is 4.46. The summed E-state index contributed by atoms with van der Waals surface area (Å²) in [6.07, 6.45) is 0.0926. The van der Waals surface area contributed by atoms with Gasteiger partial charge in [-0.05, 0) is 6.42 Å². The Balaban J connectivity index is 4.24. The summed E-state index contributed by atoms with van der Waals surface area (Å²) in [7, 11) is 0. The van der Waals surface area contributed by atoms with Gasteiger partial charge in [-0.15, -0.1) is 0 Å². The first kappa shape index (κ1) is 11.6. The Morgan fingerprint density at radius 1 is 1.38 bits per heavy atom. The van der Waals surface area contributed by atoms with E-state index in [4.69, 9.17) is 0 Å². The summed E-state index contributed by atoms with van der Waals surface area (Å²) in [5, 5.41) is 20.6. The van der Waals surface area contributed by atoms with Crippen molar-refractivity contribution in [2.75, 3.05) is 6.54 Å². The first-order chi connectivity index (χ1) is 6.00. The van der Waals surface area contributed by atoms with Gasteiger partial charge in [0.15, 0.2) is 5.03 Å². The third-order valence-corrected chi connectivity index (χ3v) is 1.69. The molecule has 0 rings (SSSR count). The first-order valence-electron chi connectivity index (χ1n) is 4.05. The summed E-state index contributed by atoms with van der Waals surface area (Å²) in [5.41, 5.74) is 0. The van der Waals surface area contributed by atoms with Crippen LogP contribution >= 0.6 is 0 Å². The highest BCUT2D eigenvalue weighted by Gasteiger charge is 2.30. The Bertz CT molecular complexity index is 196. The van der Waals surface area contributed by atoms with Crippen LogP contribution < -0.4 is 0 Å². The molecule has 0 aromatic carbocycles. The highest BCUT2D eigenvalue weighted by atomic mass is 16.7. The van der Waals surface area contributed by atoms with E-state index < -0.39 is 16.1 Å². The smallest absolute Gasteiger partial charge is 0.262 e. The molecule has 0 heterocycles. The third-order valence-electron chi connectivity index (χ3n) is 1.69. The molecule has 13 heavy (non-hydrogen) atoms. The molecule has 0 aliphatic carbocycles. The van der Waals surface area contributed by atoms with E-state index >= 15 is 0 Å². The van der Waals surface area contributed by atoms with E-state index in [1.165, 1.54) is 6.92 Å². The second-order valence-corrected chi connectivity index (χ2v) is 2.67. The van der Waals surface area contributed by atoms with E-state index in [0.29, 0.717) is 11.4 Å². The summed E-state index contributed by atoms with van der Waals surface area (Å²) in [6, 6.07) is 0. The van der Waals surface area contributed by atoms with Gasteiger partial charge in [0.1, 0.15) is 0 Å². The van der Waals surface area contributed by atoms with Crippen LogP contribution in [-0.4, -0.2) is 27.7 Å². The van der Waals surface area contributed by atoms with Gasteiger partial charge in [-0.25, -0.2) is 10.1 Å². The van der Waals surface area contributed by atoms with Crippen LogP contribution in [0.1, 0.15) is 26.7 Å². The maximum absolute atomic E-state index is 10.4. The molecule has 1 unspecified atom stereocenters. The van der Waals surface area contributed by atoms with Crippen molar-refractivity contribution < 1.29 is 9.96 Å². The fourth-order valence-electron chi connectivity index (χ4n) is 0.834. The molecule has 0 saturated carbocycles. The number of hydrogen-bond acceptors (Lipinski definition) is 4. The Hall–Kier alpha value is -1.40. The summed E-state index contributed by atoms with van der Waals surface area (Å²) < 4.78 is 0. The van der Waals surface area contributed by atoms with Crippen molar-refractivity contribution in [3.63, 3.8) is 0 Å². The average molecular weight is 191 g/mol. The normalized spacial score (nSPS) is 12.2. The molecule has 0 aromatic heterocycles. The molecule has 0 N–H and O–H groups in total. The second-order valence-electron chi connectivity index (χ2n) is 2.67. The van der Waals surface area contributed by atoms with Crippen LogP contribution in [0.5, 0.6) is 0 Å². The number of unbranched alkanes of at least 4 members (excludes halogenated alkanes) is 1. The fraction of sp³-hybridized carbons (Fsp3) is 1.00. The van der Waals surface area contributed by atoms with Gasteiger partial charge in [-0.1, -0.05) is 18.4 Å². The molecule has 0 bridgehead atoms. The van der Waals surface area contributed by atoms with Crippen molar-refractivity contribution in [1.29, 1.82) is 0 Å². The van der Waals surface area contributed by atoms with Crippen LogP contribution in [0.15, 0.2) is 0 Å². The minimum atomic E-state index is -1.26. The van der Waals surface area contributed by atoms with Crippen LogP contribution in [0, 0.1) is 20.2 Å². The minimum absolute atomic E-state index is 0.117. The van der Waals surface area contributed by atoms with Gasteiger partial charge in [0, 0.05) is 6.92 Å². The zero-order valence-corrected chi connectivity index (χ0v) is 7.67. The molecule has 0 saturated heterocycles. The van der Waals surface area contributed by atoms with E-state index in [0.717, 1.165) is 6.42 Å². The average Bonchev–Trinajstić information content (AvgIpc) is 2.04. The number of nitrogens with zero attached hydrogens (tertiary/aromatic N) is 3. The van der Waals surface area contributed by atoms with Gasteiger partial charge in [-0.2, -0.15) is 0 Å². The third kappa shape index (κ3) is 3.68. The van der Waals surface area contributed by atoms with Crippen LogP contribution in [-0.2, 0) is 0 Å². The monoisotopic (exact) mass is 191 g/mol. The van der Waals surface area contributed by atoms with Crippen molar-refractivity contribution in [1.82, 2.24) is 5.01 Å². The molecular formula is C6H13N3O4. The van der Waals surface area contributed by atoms with Gasteiger partial charge >= 0.3 is 6.17 Å². The van der Waals surface area contributed by atoms with E-state index in [2.05, 4.69) is 0 Å². The topological polar surface area (TPSA) is 89.5 Å². The zero-order valence-electron chi connectivity index (χ0n) is 7.67. The van der Waals surface area contributed by atoms with Crippen molar-refractivity contribution in [2.45, 2.75) is 32.9 Å². The maximum atomic E-state index is 10.4. The Kier molecular flexibility index (Phi) is 4.71.